The molecule has 9 nitrogen and oxygen atoms in total. The first-order valence-electron chi connectivity index (χ1n) is 11.8. The number of fused-ring (bicyclic) bond motifs is 1. The highest BCUT2D eigenvalue weighted by Gasteiger charge is 2.45. The highest BCUT2D eigenvalue weighted by Crippen LogP contribution is 2.31. The van der Waals surface area contributed by atoms with E-state index in [0.717, 1.165) is 16.3 Å². The van der Waals surface area contributed by atoms with Gasteiger partial charge in [0.1, 0.15) is 23.8 Å². The molecule has 3 atom stereocenters. The molecule has 1 aromatic carbocycles. The molecule has 2 aromatic rings. The van der Waals surface area contributed by atoms with E-state index in [1.807, 2.05) is 52.0 Å². The normalized spacial score (nSPS) is 19.3. The summed E-state index contributed by atoms with van der Waals surface area (Å²) in [5, 5.41) is 4.56. The number of nitrogens with zero attached hydrogens (tertiary/aromatic N) is 2. The number of carbonyl (C=O) groups is 3. The average Bonchev–Trinajstić information content (AvgIpc) is 3.14. The Labute approximate surface area is 206 Å². The maximum atomic E-state index is 13.6. The lowest BCUT2D eigenvalue weighted by Gasteiger charge is -2.35. The number of hydrogen-bond donors (Lipinski definition) is 2. The average molecular weight is 485 g/mol. The van der Waals surface area contributed by atoms with E-state index in [0.29, 0.717) is 5.88 Å². The van der Waals surface area contributed by atoms with Crippen molar-refractivity contribution in [2.24, 2.45) is 11.1 Å². The Morgan fingerprint density at radius 3 is 2.43 bits per heavy atom. The van der Waals surface area contributed by atoms with Crippen LogP contribution in [-0.4, -0.2) is 58.1 Å². The molecule has 1 aromatic heterocycles. The maximum Gasteiger partial charge on any atom is 0.408 e. The van der Waals surface area contributed by atoms with Gasteiger partial charge in [-0.3, -0.25) is 9.59 Å². The molecule has 3 N–H and O–H groups in total. The minimum absolute atomic E-state index is 0.138. The van der Waals surface area contributed by atoms with Gasteiger partial charge in [-0.05, 0) is 50.1 Å². The van der Waals surface area contributed by atoms with E-state index < -0.39 is 47.1 Å². The number of likely N-dealkylation sites (tertiary alicyclic amines) is 1. The highest BCUT2D eigenvalue weighted by molar-refractivity contribution is 5.92. The molecule has 0 unspecified atom stereocenters. The lowest BCUT2D eigenvalue weighted by atomic mass is 9.85. The number of ether oxygens (including phenoxy) is 2. The van der Waals surface area contributed by atoms with Crippen LogP contribution in [0.3, 0.4) is 0 Å². The number of benzene rings is 1. The standard InChI is InChI=1S/C26H36N4O5/c1-15-9-8-10-16-11-12-28-22(19(15)16)34-17-13-18(21(27)31)30(14-17)23(32)20(25(2,3)4)29-24(33)35-26(5,6)7/h8-12,17-18,20H,13-14H2,1-7H3,(H2,27,31)(H,29,33)/t17-,18+,20-/m1/s1. The fourth-order valence-corrected chi connectivity index (χ4v) is 4.25. The van der Waals surface area contributed by atoms with E-state index >= 15 is 0 Å². The number of carbonyl (C=O) groups excluding carboxylic acids is 3. The number of pyridine rings is 1. The maximum absolute atomic E-state index is 13.6. The fraction of sp³-hybridized carbons (Fsp3) is 0.538. The quantitative estimate of drug-likeness (QED) is 0.671. The molecule has 1 saturated heterocycles. The number of nitrogens with two attached hydrogens (primary N) is 1. The molecular weight excluding hydrogens is 448 g/mol. The van der Waals surface area contributed by atoms with Crippen molar-refractivity contribution in [2.45, 2.75) is 78.7 Å². The number of nitrogens with one attached hydrogen (secondary N) is 1. The van der Waals surface area contributed by atoms with Crippen LogP contribution < -0.4 is 15.8 Å². The smallest absolute Gasteiger partial charge is 0.408 e. The van der Waals surface area contributed by atoms with Crippen molar-refractivity contribution in [1.82, 2.24) is 15.2 Å². The van der Waals surface area contributed by atoms with Crippen molar-refractivity contribution in [2.75, 3.05) is 6.54 Å². The van der Waals surface area contributed by atoms with Gasteiger partial charge in [-0.25, -0.2) is 9.78 Å². The summed E-state index contributed by atoms with van der Waals surface area (Å²) in [6.07, 6.45) is 0.704. The summed E-state index contributed by atoms with van der Waals surface area (Å²) in [5.41, 5.74) is 5.32. The van der Waals surface area contributed by atoms with Gasteiger partial charge in [0, 0.05) is 18.0 Å². The molecule has 3 amide bonds. The van der Waals surface area contributed by atoms with Gasteiger partial charge in [0.05, 0.1) is 6.54 Å². The van der Waals surface area contributed by atoms with E-state index in [1.165, 1.54) is 4.90 Å². The third-order valence-corrected chi connectivity index (χ3v) is 5.89. The lowest BCUT2D eigenvalue weighted by Crippen LogP contribution is -2.58. The van der Waals surface area contributed by atoms with Gasteiger partial charge in [0.25, 0.3) is 0 Å². The second kappa shape index (κ2) is 9.71. The molecule has 3 rings (SSSR count). The molecule has 35 heavy (non-hydrogen) atoms. The van der Waals surface area contributed by atoms with E-state index in [2.05, 4.69) is 10.3 Å². The second-order valence-electron chi connectivity index (χ2n) is 11.1. The third kappa shape index (κ3) is 6.21. The predicted molar refractivity (Wildman–Crippen MR) is 133 cm³/mol. The first kappa shape index (κ1) is 26.2. The molecule has 1 aliphatic rings. The van der Waals surface area contributed by atoms with Gasteiger partial charge in [-0.2, -0.15) is 0 Å². The van der Waals surface area contributed by atoms with Crippen LogP contribution in [0, 0.1) is 12.3 Å². The molecule has 0 spiro atoms. The van der Waals surface area contributed by atoms with Crippen LogP contribution in [0.4, 0.5) is 4.79 Å². The minimum Gasteiger partial charge on any atom is -0.472 e. The first-order valence-corrected chi connectivity index (χ1v) is 11.8. The van der Waals surface area contributed by atoms with Crippen LogP contribution in [0.5, 0.6) is 5.88 Å². The molecule has 1 aliphatic heterocycles. The van der Waals surface area contributed by atoms with Crippen LogP contribution in [0.15, 0.2) is 30.5 Å². The molecule has 190 valence electrons. The number of primary amides is 1. The largest absolute Gasteiger partial charge is 0.472 e. The minimum atomic E-state index is -0.934. The predicted octanol–water partition coefficient (Wildman–Crippen LogP) is 3.32. The van der Waals surface area contributed by atoms with Gasteiger partial charge in [-0.1, -0.05) is 39.0 Å². The lowest BCUT2D eigenvalue weighted by molar-refractivity contribution is -0.141. The number of aromatic nitrogens is 1. The molecule has 2 heterocycles. The Morgan fingerprint density at radius 1 is 1.14 bits per heavy atom. The van der Waals surface area contributed by atoms with E-state index in [9.17, 15) is 14.4 Å². The molecule has 0 saturated carbocycles. The molecule has 0 aliphatic carbocycles. The summed E-state index contributed by atoms with van der Waals surface area (Å²) in [5.74, 6) is -0.598. The van der Waals surface area contributed by atoms with Crippen LogP contribution in [-0.2, 0) is 14.3 Å². The van der Waals surface area contributed by atoms with Gasteiger partial charge >= 0.3 is 6.09 Å². The van der Waals surface area contributed by atoms with Gasteiger partial charge in [0.2, 0.25) is 17.7 Å². The van der Waals surface area contributed by atoms with Crippen LogP contribution in [0.1, 0.15) is 53.5 Å². The second-order valence-corrected chi connectivity index (χ2v) is 11.1. The fourth-order valence-electron chi connectivity index (χ4n) is 4.25. The summed E-state index contributed by atoms with van der Waals surface area (Å²) in [6.45, 7) is 12.8. The number of aryl methyl sites for hydroxylation is 1. The molecule has 0 bridgehead atoms. The monoisotopic (exact) mass is 484 g/mol. The van der Waals surface area contributed by atoms with Crippen LogP contribution >= 0.6 is 0 Å². The number of amides is 3. The zero-order valence-electron chi connectivity index (χ0n) is 21.5. The Bertz CT molecular complexity index is 1110. The van der Waals surface area contributed by atoms with Gasteiger partial charge in [0.15, 0.2) is 0 Å². The SMILES string of the molecule is Cc1cccc2ccnc(O[C@@H]3C[C@@H](C(N)=O)N(C(=O)[C@@H](NC(=O)OC(C)(C)C)C(C)(C)C)C3)c12. The zero-order valence-corrected chi connectivity index (χ0v) is 21.5. The topological polar surface area (TPSA) is 124 Å². The molecular formula is C26H36N4O5. The van der Waals surface area contributed by atoms with E-state index in [4.69, 9.17) is 15.2 Å². The van der Waals surface area contributed by atoms with Crippen molar-refractivity contribution in [1.29, 1.82) is 0 Å². The number of hydrogen-bond acceptors (Lipinski definition) is 6. The van der Waals surface area contributed by atoms with E-state index in [1.54, 1.807) is 27.0 Å². The summed E-state index contributed by atoms with van der Waals surface area (Å²) in [4.78, 5) is 44.2. The Hall–Kier alpha value is -3.36. The first-order chi connectivity index (χ1) is 16.2. The van der Waals surface area contributed by atoms with Crippen LogP contribution in [0.25, 0.3) is 10.8 Å². The van der Waals surface area contributed by atoms with Crippen molar-refractivity contribution in [3.63, 3.8) is 0 Å². The third-order valence-electron chi connectivity index (χ3n) is 5.89. The van der Waals surface area contributed by atoms with Gasteiger partial charge < -0.3 is 25.4 Å². The number of rotatable bonds is 5. The van der Waals surface area contributed by atoms with Crippen molar-refractivity contribution in [3.8, 4) is 5.88 Å². The number of alkyl carbamates (subject to hydrolysis) is 1. The molecule has 9 heteroatoms. The summed E-state index contributed by atoms with van der Waals surface area (Å²) >= 11 is 0. The highest BCUT2D eigenvalue weighted by atomic mass is 16.6. The van der Waals surface area contributed by atoms with Crippen molar-refractivity contribution < 1.29 is 23.9 Å². The van der Waals surface area contributed by atoms with Crippen molar-refractivity contribution in [3.05, 3.63) is 36.0 Å². The Kier molecular flexibility index (Phi) is 7.29. The summed E-state index contributed by atoms with van der Waals surface area (Å²) in [6, 6.07) is 6.02. The Balaban J connectivity index is 1.85. The van der Waals surface area contributed by atoms with Crippen LogP contribution in [0.2, 0.25) is 0 Å². The zero-order chi connectivity index (χ0) is 26.1. The molecule has 1 fully saturated rings. The van der Waals surface area contributed by atoms with Crippen molar-refractivity contribution >= 4 is 28.7 Å². The van der Waals surface area contributed by atoms with Gasteiger partial charge in [-0.15, -0.1) is 0 Å². The molecule has 0 radical (unpaired) electrons. The summed E-state index contributed by atoms with van der Waals surface area (Å²) < 4.78 is 11.6. The summed E-state index contributed by atoms with van der Waals surface area (Å²) in [7, 11) is 0. The Morgan fingerprint density at radius 2 is 1.83 bits per heavy atom. The van der Waals surface area contributed by atoms with E-state index in [-0.39, 0.29) is 13.0 Å².